The Bertz CT molecular complexity index is 4070. The summed E-state index contributed by atoms with van der Waals surface area (Å²) < 4.78 is 38.3. The first-order chi connectivity index (χ1) is 47.7. The molecule has 0 aliphatic carbocycles. The number of hydrogen-bond donors (Lipinski definition) is 19. The number of aliphatic hydroxyl groups excluding tert-OH is 6. The highest BCUT2D eigenvalue weighted by Gasteiger charge is 2.51. The van der Waals surface area contributed by atoms with Crippen LogP contribution in [0.3, 0.4) is 0 Å². The molecule has 0 spiro atoms. The largest absolute Gasteiger partial charge is 0.508 e. The summed E-state index contributed by atoms with van der Waals surface area (Å²) in [5, 5.41) is 131. The van der Waals surface area contributed by atoms with Gasteiger partial charge >= 0.3 is 5.97 Å². The fourth-order valence-corrected chi connectivity index (χ4v) is 12.9. The average Bonchev–Trinajstić information content (AvgIpc) is 0.775. The van der Waals surface area contributed by atoms with Crippen molar-refractivity contribution in [3.63, 3.8) is 0 Å². The smallest absolute Gasteiger partial charge is 0.330 e. The quantitative estimate of drug-likeness (QED) is 0.0743. The summed E-state index contributed by atoms with van der Waals surface area (Å²) in [6.07, 6.45) is -18.6. The Morgan fingerprint density at radius 3 is 1.90 bits per heavy atom. The number of halogens is 2. The second-order valence-corrected chi connectivity index (χ2v) is 26.5. The first-order valence-electron chi connectivity index (χ1n) is 31.6. The number of nitrogens with two attached hydrogens (primary N) is 2. The average molecular weight is 1450 g/mol. The predicted octanol–water partition coefficient (Wildman–Crippen LogP) is 0.106. The molecular formula is C66H75Cl2N9O24. The number of hydrogen-bond acceptors (Lipinski definition) is 25. The number of nitrogens with one attached hydrogen (secondary N) is 7. The van der Waals surface area contributed by atoms with E-state index in [9.17, 15) is 75.0 Å². The summed E-state index contributed by atoms with van der Waals surface area (Å²) in [5.41, 5.74) is 8.00. The number of primary amides is 1. The summed E-state index contributed by atoms with van der Waals surface area (Å²) in [6.45, 7) is 5.66. The predicted molar refractivity (Wildman–Crippen MR) is 349 cm³/mol. The first-order valence-corrected chi connectivity index (χ1v) is 32.4. The molecule has 5 aromatic rings. The standard InChI is InChI=1S/C66H75Cl2N9O24/c1-23(2)12-34(71-5)58(88)76-49-51(83)26-7-10-38(32(67)14-26)97-40-16-28-17-41(55(40)101-65-56(54(86)53(85)42(22-78)99-65)100-44-21-66(4,70)57(87)24(3)96-44)98-39-11-8-27(15-33(39)68)52(84)50-63(93)75-48(64(94)95)31-18-29(79)19-37(81)45(31)30-13-25(6-9-36(30)80)46(60(90)77-50)74-61(91)47(28)73-59(89)35(20-43(69)82)72-62(49)92/h6-11,13-19,23-24,34-35,42,44,46-54,56-57,65,71,78-81,83-87H,12,20-22,70H2,1-5H3,(H2,69,82)(H,72,92)(H,73,89)(H,74,91)(H,75,93)(H,76,88)(H,77,90)(H,94,95)/t24-,34+,35-,42+,44-,46+,47+,48+,49?,50-,51+,52+,53+,54-,56-,57+,65+,66-/m0/s1. The van der Waals surface area contributed by atoms with Crippen molar-refractivity contribution < 1.29 is 118 Å². The molecular weight excluding hydrogens is 1370 g/mol. The molecule has 11 bridgehead atoms. The van der Waals surface area contributed by atoms with Crippen LogP contribution in [0, 0.1) is 5.92 Å². The SMILES string of the molecule is CN[C@H](CC(C)C)C(=O)NC1C(=O)N[C@@H](CC(N)=O)C(=O)N[C@H]2C(=O)N[C@H]3C(=O)N[C@H](C(=O)N[C@@H](C(=O)O)c4cc(O)cc(O)c4-c4cc3ccc4O)[C@H](O)c3ccc(c(Cl)c3)Oc3cc2cc(c3O[C@H]2O[C@H](CO)[C@@H](O)[C@H](O)[C@@H]2O[C@H]2C[C@](C)(N)[C@H](O)[C@H](C)O2)Oc2ccc(cc2Cl)[C@H]1O. The van der Waals surface area contributed by atoms with Crippen molar-refractivity contribution >= 4 is 70.5 Å². The molecule has 2 fully saturated rings. The summed E-state index contributed by atoms with van der Waals surface area (Å²) in [5.74, 6) is -16.0. The molecule has 542 valence electrons. The highest BCUT2D eigenvalue weighted by atomic mass is 35.5. The van der Waals surface area contributed by atoms with E-state index in [0.29, 0.717) is 0 Å². The molecule has 7 aliphatic heterocycles. The van der Waals surface area contributed by atoms with Crippen LogP contribution >= 0.6 is 23.2 Å². The van der Waals surface area contributed by atoms with Gasteiger partial charge in [-0.15, -0.1) is 0 Å². The van der Waals surface area contributed by atoms with Gasteiger partial charge in [0.25, 0.3) is 0 Å². The number of fused-ring (bicyclic) bond motifs is 15. The molecule has 7 heterocycles. The van der Waals surface area contributed by atoms with Crippen LogP contribution in [0.4, 0.5) is 0 Å². The van der Waals surface area contributed by atoms with Crippen molar-refractivity contribution in [2.45, 2.75) is 156 Å². The van der Waals surface area contributed by atoms with Crippen molar-refractivity contribution in [2.75, 3.05) is 13.7 Å². The third kappa shape index (κ3) is 15.8. The van der Waals surface area contributed by atoms with Crippen LogP contribution in [-0.2, 0) is 52.6 Å². The van der Waals surface area contributed by atoms with Crippen LogP contribution in [0.25, 0.3) is 11.1 Å². The number of aliphatic hydroxyl groups is 6. The number of rotatable bonds is 13. The molecule has 21 N–H and O–H groups in total. The third-order valence-corrected chi connectivity index (χ3v) is 18.4. The van der Waals surface area contributed by atoms with Gasteiger partial charge < -0.3 is 128 Å². The van der Waals surface area contributed by atoms with E-state index in [-0.39, 0.29) is 46.2 Å². The minimum absolute atomic E-state index is 0.0975. The number of amides is 7. The molecule has 0 radical (unpaired) electrons. The molecule has 1 unspecified atom stereocenters. The van der Waals surface area contributed by atoms with Gasteiger partial charge in [0.15, 0.2) is 29.9 Å². The Hall–Kier alpha value is -9.20. The van der Waals surface area contributed by atoms with E-state index >= 15 is 14.4 Å². The van der Waals surface area contributed by atoms with Crippen LogP contribution in [0.5, 0.6) is 46.0 Å². The second-order valence-electron chi connectivity index (χ2n) is 25.7. The number of carbonyl (C=O) groups is 8. The molecule has 12 rings (SSSR count). The second kappa shape index (κ2) is 30.2. The van der Waals surface area contributed by atoms with Crippen LogP contribution in [0.15, 0.2) is 78.9 Å². The molecule has 7 aliphatic rings. The maximum atomic E-state index is 16.0. The topological polar surface area (TPSA) is 530 Å². The lowest BCUT2D eigenvalue weighted by molar-refractivity contribution is -0.333. The number of carboxylic acid groups (broad SMARTS) is 1. The van der Waals surface area contributed by atoms with Gasteiger partial charge in [-0.25, -0.2) is 4.79 Å². The minimum atomic E-state index is -2.35. The Labute approximate surface area is 584 Å². The molecule has 0 saturated carbocycles. The maximum absolute atomic E-state index is 16.0. The van der Waals surface area contributed by atoms with E-state index in [2.05, 4.69) is 37.2 Å². The number of benzene rings is 5. The number of ether oxygens (including phenoxy) is 6. The van der Waals surface area contributed by atoms with E-state index in [4.69, 9.17) is 63.1 Å². The monoisotopic (exact) mass is 1450 g/mol. The first kappa shape index (κ1) is 74.5. The van der Waals surface area contributed by atoms with Crippen molar-refractivity contribution in [3.05, 3.63) is 117 Å². The minimum Gasteiger partial charge on any atom is -0.508 e. The zero-order valence-corrected chi connectivity index (χ0v) is 55.8. The van der Waals surface area contributed by atoms with Crippen molar-refractivity contribution in [1.29, 1.82) is 0 Å². The van der Waals surface area contributed by atoms with Gasteiger partial charge in [-0.2, -0.15) is 0 Å². The van der Waals surface area contributed by atoms with Crippen molar-refractivity contribution in [2.24, 2.45) is 17.4 Å². The molecule has 33 nitrogen and oxygen atoms in total. The van der Waals surface area contributed by atoms with Gasteiger partial charge in [0.1, 0.15) is 89.5 Å². The van der Waals surface area contributed by atoms with Gasteiger partial charge in [-0.3, -0.25) is 33.6 Å². The molecule has 5 aromatic carbocycles. The summed E-state index contributed by atoms with van der Waals surface area (Å²) in [6, 6.07) is -0.679. The van der Waals surface area contributed by atoms with Crippen LogP contribution in [-0.4, -0.2) is 191 Å². The zero-order chi connectivity index (χ0) is 73.5. The van der Waals surface area contributed by atoms with E-state index in [0.717, 1.165) is 66.7 Å². The highest BCUT2D eigenvalue weighted by Crippen LogP contribution is 2.50. The Morgan fingerprint density at radius 1 is 0.713 bits per heavy atom. The summed E-state index contributed by atoms with van der Waals surface area (Å²) >= 11 is 14.1. The highest BCUT2D eigenvalue weighted by molar-refractivity contribution is 6.32. The number of aromatic hydroxyl groups is 3. The van der Waals surface area contributed by atoms with E-state index in [1.54, 1.807) is 0 Å². The number of phenolic OH excluding ortho intramolecular Hbond substituents is 3. The summed E-state index contributed by atoms with van der Waals surface area (Å²) in [4.78, 5) is 117. The molecule has 7 amide bonds. The van der Waals surface area contributed by atoms with Gasteiger partial charge in [-0.05, 0) is 110 Å². The van der Waals surface area contributed by atoms with Crippen molar-refractivity contribution in [3.8, 4) is 57.1 Å². The number of phenols is 3. The number of carbonyl (C=O) groups excluding carboxylic acids is 7. The van der Waals surface area contributed by atoms with Gasteiger partial charge in [0.2, 0.25) is 53.4 Å². The third-order valence-electron chi connectivity index (χ3n) is 17.8. The van der Waals surface area contributed by atoms with Crippen LogP contribution < -0.4 is 62.9 Å². The van der Waals surface area contributed by atoms with Crippen LogP contribution in [0.1, 0.15) is 105 Å². The molecule has 0 aromatic heterocycles. The summed E-state index contributed by atoms with van der Waals surface area (Å²) in [7, 11) is 1.47. The molecule has 101 heavy (non-hydrogen) atoms. The fourth-order valence-electron chi connectivity index (χ4n) is 12.5. The zero-order valence-electron chi connectivity index (χ0n) is 54.3. The lowest BCUT2D eigenvalue weighted by Gasteiger charge is -2.47. The lowest BCUT2D eigenvalue weighted by Crippen LogP contribution is -2.64. The Balaban J connectivity index is 1.24. The maximum Gasteiger partial charge on any atom is 0.330 e. The number of aliphatic carboxylic acids is 1. The van der Waals surface area contributed by atoms with Crippen LogP contribution in [0.2, 0.25) is 10.0 Å². The fraction of sp³-hybridized carbons (Fsp3) is 0.424. The molecule has 18 atom stereocenters. The van der Waals surface area contributed by atoms with E-state index in [1.165, 1.54) is 33.0 Å². The van der Waals surface area contributed by atoms with Gasteiger partial charge in [-0.1, -0.05) is 55.2 Å². The van der Waals surface area contributed by atoms with E-state index < -0.39 is 237 Å². The number of carboxylic acids is 1. The Morgan fingerprint density at radius 2 is 1.32 bits per heavy atom. The lowest BCUT2D eigenvalue weighted by atomic mass is 9.86. The normalized spacial score (nSPS) is 29.4. The Kier molecular flexibility index (Phi) is 22.2. The molecule has 35 heteroatoms. The van der Waals surface area contributed by atoms with Gasteiger partial charge in [0, 0.05) is 34.7 Å². The van der Waals surface area contributed by atoms with Gasteiger partial charge in [0.05, 0.1) is 41.3 Å². The molecule has 2 saturated heterocycles. The van der Waals surface area contributed by atoms with E-state index in [1.807, 2.05) is 13.8 Å². The van der Waals surface area contributed by atoms with Crippen molar-refractivity contribution in [1.82, 2.24) is 37.2 Å². The number of likely N-dealkylation sites (N-methyl/N-ethyl adjacent to an activating group) is 1.